The summed E-state index contributed by atoms with van der Waals surface area (Å²) in [6.07, 6.45) is -0.138. The Labute approximate surface area is 126 Å². The Hall–Kier alpha value is -1.61. The number of nitriles is 1. The van der Waals surface area contributed by atoms with Crippen LogP contribution in [-0.2, 0) is 6.42 Å². The van der Waals surface area contributed by atoms with Gasteiger partial charge in [0.15, 0.2) is 0 Å². The van der Waals surface area contributed by atoms with E-state index in [0.717, 1.165) is 5.56 Å². The summed E-state index contributed by atoms with van der Waals surface area (Å²) in [6, 6.07) is 7.28. The quantitative estimate of drug-likeness (QED) is 0.703. The zero-order valence-corrected chi connectivity index (χ0v) is 12.9. The van der Waals surface area contributed by atoms with Gasteiger partial charge in [0.05, 0.1) is 5.56 Å². The number of aliphatic hydroxyl groups is 2. The maximum Gasteiger partial charge on any atom is 0.137 e. The maximum absolute atomic E-state index is 9.87. The predicted molar refractivity (Wildman–Crippen MR) is 81.2 cm³/mol. The molecule has 0 radical (unpaired) electrons. The van der Waals surface area contributed by atoms with Gasteiger partial charge in [-0.25, -0.2) is 0 Å². The minimum absolute atomic E-state index is 0.0439. The third-order valence-corrected chi connectivity index (χ3v) is 2.86. The van der Waals surface area contributed by atoms with Gasteiger partial charge >= 0.3 is 0 Å². The first-order valence-corrected chi connectivity index (χ1v) is 7.05. The second-order valence-corrected chi connectivity index (χ2v) is 6.01. The van der Waals surface area contributed by atoms with E-state index in [9.17, 15) is 5.11 Å². The van der Waals surface area contributed by atoms with E-state index >= 15 is 0 Å². The van der Waals surface area contributed by atoms with Crippen molar-refractivity contribution in [2.75, 3.05) is 19.8 Å². The molecule has 0 aliphatic rings. The second-order valence-electron chi connectivity index (χ2n) is 6.01. The molecule has 0 unspecified atom stereocenters. The standard InChI is InChI=1S/C16H24N2O3/c1-16(2,3)18-10-14(20)11-21-15-5-4-12(6-7-19)8-13(15)9-17/h4-5,8,14,18-20H,6-7,10-11H2,1-3H3/t14-/m0/s1. The predicted octanol–water partition coefficient (Wildman–Crippen LogP) is 1.22. The molecular weight excluding hydrogens is 268 g/mol. The molecule has 5 heteroatoms. The average molecular weight is 292 g/mol. The number of ether oxygens (including phenoxy) is 1. The summed E-state index contributed by atoms with van der Waals surface area (Å²) in [6.45, 7) is 6.66. The summed E-state index contributed by atoms with van der Waals surface area (Å²) in [5.41, 5.74) is 1.23. The normalized spacial score (nSPS) is 12.8. The van der Waals surface area contributed by atoms with Crippen molar-refractivity contribution in [3.8, 4) is 11.8 Å². The van der Waals surface area contributed by atoms with Crippen LogP contribution in [0.4, 0.5) is 0 Å². The summed E-state index contributed by atoms with van der Waals surface area (Å²) in [7, 11) is 0. The molecule has 0 aliphatic heterocycles. The van der Waals surface area contributed by atoms with Gasteiger partial charge in [-0.2, -0.15) is 5.26 Å². The number of rotatable bonds is 7. The Morgan fingerprint density at radius 1 is 1.38 bits per heavy atom. The molecule has 0 aromatic heterocycles. The van der Waals surface area contributed by atoms with Crippen LogP contribution in [0.2, 0.25) is 0 Å². The van der Waals surface area contributed by atoms with E-state index in [1.54, 1.807) is 12.1 Å². The van der Waals surface area contributed by atoms with Crippen LogP contribution in [0.5, 0.6) is 5.75 Å². The van der Waals surface area contributed by atoms with Crippen LogP contribution in [0.1, 0.15) is 31.9 Å². The Kier molecular flexibility index (Phi) is 6.63. The molecule has 0 amide bonds. The highest BCUT2D eigenvalue weighted by Gasteiger charge is 2.13. The lowest BCUT2D eigenvalue weighted by Gasteiger charge is -2.23. The first kappa shape index (κ1) is 17.4. The smallest absolute Gasteiger partial charge is 0.137 e. The van der Waals surface area contributed by atoms with E-state index in [0.29, 0.717) is 24.3 Å². The SMILES string of the molecule is CC(C)(C)NC[C@H](O)COc1ccc(CCO)cc1C#N. The van der Waals surface area contributed by atoms with E-state index < -0.39 is 6.10 Å². The van der Waals surface area contributed by atoms with Gasteiger partial charge in [0.2, 0.25) is 0 Å². The van der Waals surface area contributed by atoms with Crippen LogP contribution in [0.15, 0.2) is 18.2 Å². The van der Waals surface area contributed by atoms with Crippen molar-refractivity contribution in [3.63, 3.8) is 0 Å². The monoisotopic (exact) mass is 292 g/mol. The lowest BCUT2D eigenvalue weighted by atomic mass is 10.1. The summed E-state index contributed by atoms with van der Waals surface area (Å²) in [5.74, 6) is 0.453. The lowest BCUT2D eigenvalue weighted by molar-refractivity contribution is 0.0999. The number of β-amino-alcohol motifs (C(OH)–C–C–N with tert-alkyl or cyclic N) is 1. The number of aliphatic hydroxyl groups excluding tert-OH is 2. The molecule has 0 spiro atoms. The van der Waals surface area contributed by atoms with Crippen LogP contribution in [0, 0.1) is 11.3 Å². The first-order valence-electron chi connectivity index (χ1n) is 7.05. The van der Waals surface area contributed by atoms with Crippen LogP contribution < -0.4 is 10.1 Å². The van der Waals surface area contributed by atoms with E-state index in [1.165, 1.54) is 0 Å². The third-order valence-electron chi connectivity index (χ3n) is 2.86. The molecule has 5 nitrogen and oxygen atoms in total. The number of hydrogen-bond acceptors (Lipinski definition) is 5. The Bertz CT molecular complexity index is 489. The molecule has 0 heterocycles. The van der Waals surface area contributed by atoms with Crippen molar-refractivity contribution >= 4 is 0 Å². The van der Waals surface area contributed by atoms with Gasteiger partial charge in [-0.1, -0.05) is 6.07 Å². The molecule has 1 aromatic carbocycles. The summed E-state index contributed by atoms with van der Waals surface area (Å²) < 4.78 is 5.51. The summed E-state index contributed by atoms with van der Waals surface area (Å²) in [4.78, 5) is 0. The highest BCUT2D eigenvalue weighted by Crippen LogP contribution is 2.20. The fourth-order valence-electron chi connectivity index (χ4n) is 1.74. The highest BCUT2D eigenvalue weighted by molar-refractivity contribution is 5.45. The Morgan fingerprint density at radius 2 is 2.10 bits per heavy atom. The molecule has 3 N–H and O–H groups in total. The summed E-state index contributed by atoms with van der Waals surface area (Å²) >= 11 is 0. The first-order chi connectivity index (χ1) is 9.85. The van der Waals surface area contributed by atoms with Crippen molar-refractivity contribution in [2.45, 2.75) is 38.8 Å². The topological polar surface area (TPSA) is 85.5 Å². The largest absolute Gasteiger partial charge is 0.489 e. The van der Waals surface area contributed by atoms with Gasteiger partial charge < -0.3 is 20.3 Å². The molecule has 1 aromatic rings. The molecule has 1 atom stereocenters. The van der Waals surface area contributed by atoms with E-state index in [1.807, 2.05) is 26.8 Å². The van der Waals surface area contributed by atoms with Crippen molar-refractivity contribution in [1.29, 1.82) is 5.26 Å². The van der Waals surface area contributed by atoms with E-state index in [4.69, 9.17) is 15.1 Å². The molecule has 0 fully saturated rings. The van der Waals surface area contributed by atoms with Crippen LogP contribution in [-0.4, -0.2) is 41.6 Å². The average Bonchev–Trinajstić information content (AvgIpc) is 2.43. The zero-order chi connectivity index (χ0) is 15.9. The number of hydrogen-bond donors (Lipinski definition) is 3. The van der Waals surface area contributed by atoms with Crippen LogP contribution in [0.3, 0.4) is 0 Å². The van der Waals surface area contributed by atoms with E-state index in [-0.39, 0.29) is 18.8 Å². The van der Waals surface area contributed by atoms with Crippen molar-refractivity contribution < 1.29 is 14.9 Å². The van der Waals surface area contributed by atoms with Gasteiger partial charge in [-0.05, 0) is 44.9 Å². The van der Waals surface area contributed by atoms with Crippen molar-refractivity contribution in [1.82, 2.24) is 5.32 Å². The van der Waals surface area contributed by atoms with Gasteiger partial charge in [0, 0.05) is 18.7 Å². The van der Waals surface area contributed by atoms with Gasteiger partial charge in [0.1, 0.15) is 24.5 Å². The minimum atomic E-state index is -0.645. The molecular formula is C16H24N2O3. The number of nitrogens with zero attached hydrogens (tertiary/aromatic N) is 1. The number of nitrogens with one attached hydrogen (secondary N) is 1. The zero-order valence-electron chi connectivity index (χ0n) is 12.9. The third kappa shape index (κ3) is 6.58. The number of benzene rings is 1. The maximum atomic E-state index is 9.87. The minimum Gasteiger partial charge on any atom is -0.489 e. The van der Waals surface area contributed by atoms with Crippen LogP contribution >= 0.6 is 0 Å². The lowest BCUT2D eigenvalue weighted by Crippen LogP contribution is -2.42. The highest BCUT2D eigenvalue weighted by atomic mass is 16.5. The molecule has 0 aliphatic carbocycles. The van der Waals surface area contributed by atoms with Gasteiger partial charge in [0.25, 0.3) is 0 Å². The van der Waals surface area contributed by atoms with Crippen LogP contribution in [0.25, 0.3) is 0 Å². The second kappa shape index (κ2) is 7.99. The molecule has 21 heavy (non-hydrogen) atoms. The molecule has 0 saturated heterocycles. The molecule has 116 valence electrons. The van der Waals surface area contributed by atoms with Gasteiger partial charge in [-0.15, -0.1) is 0 Å². The Balaban J connectivity index is 2.57. The fraction of sp³-hybridized carbons (Fsp3) is 0.562. The molecule has 1 rings (SSSR count). The van der Waals surface area contributed by atoms with Gasteiger partial charge in [-0.3, -0.25) is 0 Å². The molecule has 0 bridgehead atoms. The Morgan fingerprint density at radius 3 is 2.67 bits per heavy atom. The summed E-state index contributed by atoms with van der Waals surface area (Å²) in [5, 5.41) is 31.1. The van der Waals surface area contributed by atoms with Crippen molar-refractivity contribution in [3.05, 3.63) is 29.3 Å². The van der Waals surface area contributed by atoms with Crippen molar-refractivity contribution in [2.24, 2.45) is 0 Å². The molecule has 0 saturated carbocycles. The fourth-order valence-corrected chi connectivity index (χ4v) is 1.74. The van der Waals surface area contributed by atoms with E-state index in [2.05, 4.69) is 11.4 Å².